The summed E-state index contributed by atoms with van der Waals surface area (Å²) >= 11 is 1.34. The summed E-state index contributed by atoms with van der Waals surface area (Å²) in [6, 6.07) is 1.81. The highest BCUT2D eigenvalue weighted by Crippen LogP contribution is 2.11. The Hall–Kier alpha value is -1.43. The van der Waals surface area contributed by atoms with Crippen LogP contribution in [-0.4, -0.2) is 14.5 Å². The molecular formula is C7H8N4OS. The maximum Gasteiger partial charge on any atom is 0.202 e. The van der Waals surface area contributed by atoms with E-state index in [2.05, 4.69) is 19.8 Å². The van der Waals surface area contributed by atoms with Crippen molar-refractivity contribution >= 4 is 16.7 Å². The van der Waals surface area contributed by atoms with Crippen molar-refractivity contribution in [3.63, 3.8) is 0 Å². The Morgan fingerprint density at radius 2 is 2.54 bits per heavy atom. The molecule has 0 aliphatic carbocycles. The van der Waals surface area contributed by atoms with E-state index in [0.29, 0.717) is 6.54 Å². The van der Waals surface area contributed by atoms with Crippen LogP contribution in [0.2, 0.25) is 0 Å². The van der Waals surface area contributed by atoms with Crippen LogP contribution in [0.1, 0.15) is 11.6 Å². The van der Waals surface area contributed by atoms with E-state index in [1.807, 2.05) is 6.92 Å². The molecule has 0 amide bonds. The van der Waals surface area contributed by atoms with E-state index in [4.69, 9.17) is 4.52 Å². The topological polar surface area (TPSA) is 63.8 Å². The van der Waals surface area contributed by atoms with E-state index < -0.39 is 0 Å². The van der Waals surface area contributed by atoms with Gasteiger partial charge in [-0.25, -0.2) is 4.98 Å². The SMILES string of the molecule is Cc1nsc(NCc2ccno2)n1. The zero-order chi connectivity index (χ0) is 9.10. The molecule has 1 N–H and O–H groups in total. The summed E-state index contributed by atoms with van der Waals surface area (Å²) in [6.45, 7) is 2.45. The van der Waals surface area contributed by atoms with Crippen LogP contribution < -0.4 is 5.32 Å². The van der Waals surface area contributed by atoms with E-state index in [1.54, 1.807) is 12.3 Å². The van der Waals surface area contributed by atoms with E-state index >= 15 is 0 Å². The van der Waals surface area contributed by atoms with Crippen LogP contribution in [-0.2, 0) is 6.54 Å². The average Bonchev–Trinajstić information content (AvgIpc) is 2.71. The molecule has 0 radical (unpaired) electrons. The van der Waals surface area contributed by atoms with Gasteiger partial charge in [-0.1, -0.05) is 5.16 Å². The molecule has 0 aliphatic heterocycles. The van der Waals surface area contributed by atoms with Crippen molar-refractivity contribution in [2.75, 3.05) is 5.32 Å². The fourth-order valence-electron chi connectivity index (χ4n) is 0.865. The van der Waals surface area contributed by atoms with E-state index in [9.17, 15) is 0 Å². The van der Waals surface area contributed by atoms with E-state index in [-0.39, 0.29) is 0 Å². The summed E-state index contributed by atoms with van der Waals surface area (Å²) in [7, 11) is 0. The van der Waals surface area contributed by atoms with Crippen LogP contribution in [0.4, 0.5) is 5.13 Å². The predicted octanol–water partition coefficient (Wildman–Crippen LogP) is 1.45. The Morgan fingerprint density at radius 3 is 3.15 bits per heavy atom. The van der Waals surface area contributed by atoms with Crippen LogP contribution in [0.3, 0.4) is 0 Å². The maximum absolute atomic E-state index is 4.91. The Labute approximate surface area is 79.0 Å². The second kappa shape index (κ2) is 3.53. The van der Waals surface area contributed by atoms with Gasteiger partial charge in [-0.3, -0.25) is 0 Å². The number of anilines is 1. The third kappa shape index (κ3) is 2.03. The zero-order valence-corrected chi connectivity index (χ0v) is 7.84. The first-order chi connectivity index (χ1) is 6.34. The van der Waals surface area contributed by atoms with Crippen LogP contribution >= 0.6 is 11.5 Å². The van der Waals surface area contributed by atoms with Gasteiger partial charge in [0.1, 0.15) is 5.82 Å². The normalized spacial score (nSPS) is 10.2. The van der Waals surface area contributed by atoms with Gasteiger partial charge < -0.3 is 9.84 Å². The third-order valence-corrected chi connectivity index (χ3v) is 2.20. The molecule has 0 saturated heterocycles. The third-order valence-electron chi connectivity index (χ3n) is 1.43. The number of hydrogen-bond acceptors (Lipinski definition) is 6. The number of rotatable bonds is 3. The maximum atomic E-state index is 4.91. The molecule has 0 bridgehead atoms. The minimum absolute atomic E-state index is 0.592. The lowest BCUT2D eigenvalue weighted by molar-refractivity contribution is 0.388. The number of aryl methyl sites for hydroxylation is 1. The molecular weight excluding hydrogens is 188 g/mol. The smallest absolute Gasteiger partial charge is 0.202 e. The molecule has 13 heavy (non-hydrogen) atoms. The summed E-state index contributed by atoms with van der Waals surface area (Å²) in [5.74, 6) is 1.57. The van der Waals surface area contributed by atoms with Crippen molar-refractivity contribution in [2.24, 2.45) is 0 Å². The standard InChI is InChI=1S/C7H8N4OS/c1-5-10-7(13-11-5)8-4-6-2-3-9-12-6/h2-3H,4H2,1H3,(H,8,10,11). The highest BCUT2D eigenvalue weighted by Gasteiger charge is 2.00. The minimum Gasteiger partial charge on any atom is -0.360 e. The minimum atomic E-state index is 0.592. The fourth-order valence-corrected chi connectivity index (χ4v) is 1.43. The quantitative estimate of drug-likeness (QED) is 0.804. The second-order valence-electron chi connectivity index (χ2n) is 2.48. The van der Waals surface area contributed by atoms with Gasteiger partial charge >= 0.3 is 0 Å². The summed E-state index contributed by atoms with van der Waals surface area (Å²) in [5, 5.41) is 7.47. The molecule has 0 saturated carbocycles. The first kappa shape index (κ1) is 8.18. The second-order valence-corrected chi connectivity index (χ2v) is 3.23. The number of aromatic nitrogens is 3. The van der Waals surface area contributed by atoms with E-state index in [1.165, 1.54) is 11.5 Å². The monoisotopic (exact) mass is 196 g/mol. The summed E-state index contributed by atoms with van der Waals surface area (Å²) < 4.78 is 8.94. The number of nitrogens with zero attached hydrogens (tertiary/aromatic N) is 3. The van der Waals surface area contributed by atoms with Crippen LogP contribution in [0, 0.1) is 6.92 Å². The molecule has 2 heterocycles. The van der Waals surface area contributed by atoms with Gasteiger partial charge in [0, 0.05) is 17.6 Å². The molecule has 5 nitrogen and oxygen atoms in total. The van der Waals surface area contributed by atoms with Crippen molar-refractivity contribution in [3.05, 3.63) is 23.8 Å². The summed E-state index contributed by atoms with van der Waals surface area (Å²) in [6.07, 6.45) is 1.61. The van der Waals surface area contributed by atoms with Crippen molar-refractivity contribution in [3.8, 4) is 0 Å². The molecule has 0 atom stereocenters. The molecule has 0 spiro atoms. The molecule has 2 aromatic heterocycles. The molecule has 2 aromatic rings. The van der Waals surface area contributed by atoms with Gasteiger partial charge in [0.05, 0.1) is 12.7 Å². The Morgan fingerprint density at radius 1 is 1.62 bits per heavy atom. The van der Waals surface area contributed by atoms with Gasteiger partial charge in [0.15, 0.2) is 5.76 Å². The van der Waals surface area contributed by atoms with Gasteiger partial charge in [0.2, 0.25) is 5.13 Å². The van der Waals surface area contributed by atoms with Crippen molar-refractivity contribution in [2.45, 2.75) is 13.5 Å². The largest absolute Gasteiger partial charge is 0.360 e. The summed E-state index contributed by atoms with van der Waals surface area (Å²) in [4.78, 5) is 4.14. The molecule has 0 fully saturated rings. The number of nitrogens with one attached hydrogen (secondary N) is 1. The lowest BCUT2D eigenvalue weighted by atomic mass is 10.5. The van der Waals surface area contributed by atoms with Crippen LogP contribution in [0.5, 0.6) is 0 Å². The molecule has 6 heteroatoms. The Balaban J connectivity index is 1.93. The highest BCUT2D eigenvalue weighted by atomic mass is 32.1. The Kier molecular flexibility index (Phi) is 2.22. The zero-order valence-electron chi connectivity index (χ0n) is 7.02. The molecule has 0 unspecified atom stereocenters. The van der Waals surface area contributed by atoms with Crippen molar-refractivity contribution in [1.82, 2.24) is 14.5 Å². The highest BCUT2D eigenvalue weighted by molar-refractivity contribution is 7.09. The van der Waals surface area contributed by atoms with Gasteiger partial charge in [-0.05, 0) is 6.92 Å². The van der Waals surface area contributed by atoms with Gasteiger partial charge in [-0.2, -0.15) is 4.37 Å². The molecule has 2 rings (SSSR count). The van der Waals surface area contributed by atoms with Crippen LogP contribution in [0.25, 0.3) is 0 Å². The molecule has 0 aromatic carbocycles. The lowest BCUT2D eigenvalue weighted by Crippen LogP contribution is -1.97. The fraction of sp³-hybridized carbons (Fsp3) is 0.286. The van der Waals surface area contributed by atoms with Crippen molar-refractivity contribution < 1.29 is 4.52 Å². The Bertz CT molecular complexity index is 370. The lowest BCUT2D eigenvalue weighted by Gasteiger charge is -1.95. The van der Waals surface area contributed by atoms with Gasteiger partial charge in [0.25, 0.3) is 0 Å². The molecule has 68 valence electrons. The molecule has 0 aliphatic rings. The van der Waals surface area contributed by atoms with Gasteiger partial charge in [-0.15, -0.1) is 0 Å². The summed E-state index contributed by atoms with van der Waals surface area (Å²) in [5.41, 5.74) is 0. The average molecular weight is 196 g/mol. The predicted molar refractivity (Wildman–Crippen MR) is 48.5 cm³/mol. The van der Waals surface area contributed by atoms with Crippen molar-refractivity contribution in [1.29, 1.82) is 0 Å². The number of hydrogen-bond donors (Lipinski definition) is 1. The first-order valence-electron chi connectivity index (χ1n) is 3.78. The van der Waals surface area contributed by atoms with E-state index in [0.717, 1.165) is 16.7 Å². The first-order valence-corrected chi connectivity index (χ1v) is 4.55. The van der Waals surface area contributed by atoms with Crippen LogP contribution in [0.15, 0.2) is 16.8 Å².